The van der Waals surface area contributed by atoms with Crippen molar-refractivity contribution in [1.82, 2.24) is 4.31 Å². The van der Waals surface area contributed by atoms with E-state index in [0.29, 0.717) is 6.54 Å². The molecule has 0 aliphatic carbocycles. The second kappa shape index (κ2) is 7.01. The molecule has 0 amide bonds. The van der Waals surface area contributed by atoms with Crippen molar-refractivity contribution >= 4 is 15.7 Å². The predicted molar refractivity (Wildman–Crippen MR) is 76.3 cm³/mol. The summed E-state index contributed by atoms with van der Waals surface area (Å²) < 4.78 is 44.6. The van der Waals surface area contributed by atoms with Gasteiger partial charge in [0, 0.05) is 25.9 Å². The monoisotopic (exact) mass is 304 g/mol. The quantitative estimate of drug-likeness (QED) is 0.778. The highest BCUT2D eigenvalue weighted by atomic mass is 32.2. The van der Waals surface area contributed by atoms with Crippen LogP contribution in [0.5, 0.6) is 0 Å². The predicted octanol–water partition coefficient (Wildman–Crippen LogP) is 1.70. The number of nitrogens with two attached hydrogens (primary N) is 1. The molecule has 0 unspecified atom stereocenters. The second-order valence-corrected chi connectivity index (χ2v) is 6.91. The largest absolute Gasteiger partial charge is 0.399 e. The number of halogens is 1. The molecule has 0 saturated carbocycles. The van der Waals surface area contributed by atoms with Crippen LogP contribution in [0.3, 0.4) is 0 Å². The van der Waals surface area contributed by atoms with Gasteiger partial charge in [-0.1, -0.05) is 13.8 Å². The molecule has 114 valence electrons. The Bertz CT molecular complexity index is 526. The summed E-state index contributed by atoms with van der Waals surface area (Å²) in [5.74, 6) is -0.521. The molecule has 0 aromatic heterocycles. The number of anilines is 1. The SMILES string of the molecule is COCCN(CC(C)C)S(=O)(=O)c1cc(N)cc(F)c1. The topological polar surface area (TPSA) is 72.6 Å². The van der Waals surface area contributed by atoms with Crippen molar-refractivity contribution in [1.29, 1.82) is 0 Å². The van der Waals surface area contributed by atoms with Crippen LogP contribution in [0.4, 0.5) is 10.1 Å². The van der Waals surface area contributed by atoms with E-state index in [4.69, 9.17) is 10.5 Å². The van der Waals surface area contributed by atoms with Gasteiger partial charge in [-0.3, -0.25) is 0 Å². The second-order valence-electron chi connectivity index (χ2n) is 4.97. The summed E-state index contributed by atoms with van der Waals surface area (Å²) in [5.41, 5.74) is 5.59. The lowest BCUT2D eigenvalue weighted by Crippen LogP contribution is -2.36. The van der Waals surface area contributed by atoms with Crippen molar-refractivity contribution in [3.8, 4) is 0 Å². The van der Waals surface area contributed by atoms with Crippen LogP contribution in [0.1, 0.15) is 13.8 Å². The molecule has 0 atom stereocenters. The van der Waals surface area contributed by atoms with Crippen LogP contribution in [0.15, 0.2) is 23.1 Å². The highest BCUT2D eigenvalue weighted by molar-refractivity contribution is 7.89. The molecule has 0 aliphatic heterocycles. The van der Waals surface area contributed by atoms with E-state index in [9.17, 15) is 12.8 Å². The zero-order valence-electron chi connectivity index (χ0n) is 12.0. The van der Waals surface area contributed by atoms with Crippen molar-refractivity contribution in [3.05, 3.63) is 24.0 Å². The van der Waals surface area contributed by atoms with Gasteiger partial charge >= 0.3 is 0 Å². The Balaban J connectivity index is 3.13. The molecule has 0 saturated heterocycles. The molecule has 2 N–H and O–H groups in total. The smallest absolute Gasteiger partial charge is 0.243 e. The highest BCUT2D eigenvalue weighted by Gasteiger charge is 2.25. The van der Waals surface area contributed by atoms with Gasteiger partial charge in [0.05, 0.1) is 11.5 Å². The first-order valence-electron chi connectivity index (χ1n) is 6.32. The van der Waals surface area contributed by atoms with Crippen LogP contribution < -0.4 is 5.73 Å². The fourth-order valence-electron chi connectivity index (χ4n) is 1.79. The van der Waals surface area contributed by atoms with E-state index in [1.807, 2.05) is 13.8 Å². The molecule has 0 bridgehead atoms. The van der Waals surface area contributed by atoms with Crippen LogP contribution in [0, 0.1) is 11.7 Å². The molecule has 0 spiro atoms. The van der Waals surface area contributed by atoms with Crippen molar-refractivity contribution in [2.24, 2.45) is 5.92 Å². The third kappa shape index (κ3) is 4.43. The normalized spacial score (nSPS) is 12.3. The number of rotatable bonds is 7. The Labute approximate surface area is 119 Å². The van der Waals surface area contributed by atoms with Gasteiger partial charge in [-0.05, 0) is 24.1 Å². The maximum atomic E-state index is 13.3. The van der Waals surface area contributed by atoms with Gasteiger partial charge < -0.3 is 10.5 Å². The molecule has 20 heavy (non-hydrogen) atoms. The third-order valence-corrected chi connectivity index (χ3v) is 4.49. The molecule has 0 aliphatic rings. The molecular formula is C13H21FN2O3S. The molecule has 7 heteroatoms. The van der Waals surface area contributed by atoms with Gasteiger partial charge in [-0.25, -0.2) is 12.8 Å². The van der Waals surface area contributed by atoms with Gasteiger partial charge in [-0.15, -0.1) is 0 Å². The van der Waals surface area contributed by atoms with Gasteiger partial charge in [0.2, 0.25) is 10.0 Å². The summed E-state index contributed by atoms with van der Waals surface area (Å²) >= 11 is 0. The number of sulfonamides is 1. The lowest BCUT2D eigenvalue weighted by atomic mass is 10.2. The molecule has 5 nitrogen and oxygen atoms in total. The number of methoxy groups -OCH3 is 1. The van der Waals surface area contributed by atoms with E-state index in [0.717, 1.165) is 12.1 Å². The molecule has 1 aromatic rings. The minimum atomic E-state index is -3.78. The van der Waals surface area contributed by atoms with Crippen molar-refractivity contribution in [2.45, 2.75) is 18.7 Å². The molecular weight excluding hydrogens is 283 g/mol. The molecule has 0 fully saturated rings. The van der Waals surface area contributed by atoms with Crippen molar-refractivity contribution < 1.29 is 17.5 Å². The van der Waals surface area contributed by atoms with Crippen LogP contribution in [0.25, 0.3) is 0 Å². The average Bonchev–Trinajstić information content (AvgIpc) is 2.32. The maximum absolute atomic E-state index is 13.3. The van der Waals surface area contributed by atoms with Crippen LogP contribution in [0.2, 0.25) is 0 Å². The first-order valence-corrected chi connectivity index (χ1v) is 7.76. The van der Waals surface area contributed by atoms with Gasteiger partial charge in [0.15, 0.2) is 0 Å². The van der Waals surface area contributed by atoms with E-state index < -0.39 is 15.8 Å². The Morgan fingerprint density at radius 2 is 2.00 bits per heavy atom. The van der Waals surface area contributed by atoms with E-state index in [1.54, 1.807) is 0 Å². The third-order valence-electron chi connectivity index (χ3n) is 2.64. The van der Waals surface area contributed by atoms with Crippen molar-refractivity contribution in [3.63, 3.8) is 0 Å². The minimum Gasteiger partial charge on any atom is -0.399 e. The summed E-state index contributed by atoms with van der Waals surface area (Å²) in [5, 5.41) is 0. The standard InChI is InChI=1S/C13H21FN2O3S/c1-10(2)9-16(4-5-19-3)20(17,18)13-7-11(14)6-12(15)8-13/h6-8,10H,4-5,9,15H2,1-3H3. The molecule has 1 rings (SSSR count). The first kappa shape index (κ1) is 16.9. The zero-order valence-corrected chi connectivity index (χ0v) is 12.8. The van der Waals surface area contributed by atoms with Crippen LogP contribution in [-0.2, 0) is 14.8 Å². The van der Waals surface area contributed by atoms with E-state index in [-0.39, 0.29) is 29.7 Å². The van der Waals surface area contributed by atoms with E-state index >= 15 is 0 Å². The number of hydrogen-bond acceptors (Lipinski definition) is 4. The summed E-state index contributed by atoms with van der Waals surface area (Å²) in [4.78, 5) is -0.133. The van der Waals surface area contributed by atoms with Gasteiger partial charge in [-0.2, -0.15) is 4.31 Å². The highest BCUT2D eigenvalue weighted by Crippen LogP contribution is 2.21. The fourth-order valence-corrected chi connectivity index (χ4v) is 3.45. The molecule has 0 heterocycles. The van der Waals surface area contributed by atoms with Crippen LogP contribution >= 0.6 is 0 Å². The summed E-state index contributed by atoms with van der Waals surface area (Å²) in [6.07, 6.45) is 0. The maximum Gasteiger partial charge on any atom is 0.243 e. The number of benzene rings is 1. The number of ether oxygens (including phenoxy) is 1. The van der Waals surface area contributed by atoms with Crippen LogP contribution in [-0.4, -0.2) is 39.5 Å². The van der Waals surface area contributed by atoms with E-state index in [2.05, 4.69) is 0 Å². The Morgan fingerprint density at radius 1 is 1.35 bits per heavy atom. The Hall–Kier alpha value is -1.18. The van der Waals surface area contributed by atoms with Crippen molar-refractivity contribution in [2.75, 3.05) is 32.5 Å². The molecule has 0 radical (unpaired) electrons. The van der Waals surface area contributed by atoms with E-state index in [1.165, 1.54) is 17.5 Å². The zero-order chi connectivity index (χ0) is 15.3. The van der Waals surface area contributed by atoms with Gasteiger partial charge in [0.1, 0.15) is 5.82 Å². The lowest BCUT2D eigenvalue weighted by Gasteiger charge is -2.23. The Kier molecular flexibility index (Phi) is 5.91. The summed E-state index contributed by atoms with van der Waals surface area (Å²) in [6, 6.07) is 3.32. The summed E-state index contributed by atoms with van der Waals surface area (Å²) in [6.45, 7) is 4.65. The Morgan fingerprint density at radius 3 is 2.50 bits per heavy atom. The lowest BCUT2D eigenvalue weighted by molar-refractivity contribution is 0.175. The number of hydrogen-bond donors (Lipinski definition) is 1. The first-order chi connectivity index (χ1) is 9.27. The number of nitrogen functional groups attached to an aromatic ring is 1. The number of nitrogens with zero attached hydrogens (tertiary/aromatic N) is 1. The summed E-state index contributed by atoms with van der Waals surface area (Å²) in [7, 11) is -2.28. The minimum absolute atomic E-state index is 0.0832. The van der Waals surface area contributed by atoms with Gasteiger partial charge in [0.25, 0.3) is 0 Å². The average molecular weight is 304 g/mol. The molecule has 1 aromatic carbocycles. The fraction of sp³-hybridized carbons (Fsp3) is 0.538.